The van der Waals surface area contributed by atoms with Crippen LogP contribution in [0.25, 0.3) is 78.3 Å². The third-order valence-electron chi connectivity index (χ3n) is 11.8. The standard InChI is InChI=1S/C61H44N3.Ir/c1-5-15-48(16-6-1)49-31-33-50(34-32-49)57-40-61(53-21-11-4-12-22-53)64-43-58(57)56-24-14-13-23-55(56)54-38-46(27-25-44-29-35-59(62-41-44)51-17-7-2-8-18-51)37-47(39-54)28-26-45-30-36-60(63-42-45)52-19-9-3-10-20-52;/h1-17,19,21,23-24,29-43H,25-28H2;/q-3;+3. The quantitative estimate of drug-likeness (QED) is 0.108. The first-order valence-electron chi connectivity index (χ1n) is 21.9. The van der Waals surface area contributed by atoms with Gasteiger partial charge in [0.25, 0.3) is 0 Å². The minimum absolute atomic E-state index is 0. The second-order valence-corrected chi connectivity index (χ2v) is 16.1. The molecule has 0 bridgehead atoms. The van der Waals surface area contributed by atoms with Crippen LogP contribution in [-0.2, 0) is 45.8 Å². The molecule has 0 saturated carbocycles. The van der Waals surface area contributed by atoms with Crippen molar-refractivity contribution in [3.05, 3.63) is 259 Å². The molecular formula is C61H44IrN3. The number of hydrogen-bond donors (Lipinski definition) is 0. The third-order valence-corrected chi connectivity index (χ3v) is 11.8. The molecule has 0 atom stereocenters. The van der Waals surface area contributed by atoms with Gasteiger partial charge in [0.05, 0.1) is 0 Å². The molecule has 0 aliphatic heterocycles. The number of rotatable bonds is 13. The van der Waals surface area contributed by atoms with Gasteiger partial charge >= 0.3 is 20.1 Å². The average molecular weight is 1010 g/mol. The van der Waals surface area contributed by atoms with E-state index in [4.69, 9.17) is 15.0 Å². The van der Waals surface area contributed by atoms with Crippen LogP contribution in [0.2, 0.25) is 0 Å². The van der Waals surface area contributed by atoms with Gasteiger partial charge in [-0.25, -0.2) is 0 Å². The normalized spacial score (nSPS) is 10.9. The van der Waals surface area contributed by atoms with Gasteiger partial charge in [-0.05, 0) is 104 Å². The minimum atomic E-state index is 0. The van der Waals surface area contributed by atoms with Gasteiger partial charge in [0.15, 0.2) is 0 Å². The summed E-state index contributed by atoms with van der Waals surface area (Å²) in [5.74, 6) is 0. The van der Waals surface area contributed by atoms with Gasteiger partial charge < -0.3 is 15.0 Å². The Morgan fingerprint density at radius 1 is 0.292 bits per heavy atom. The summed E-state index contributed by atoms with van der Waals surface area (Å²) < 4.78 is 0. The van der Waals surface area contributed by atoms with E-state index in [-0.39, 0.29) is 20.1 Å². The van der Waals surface area contributed by atoms with Crippen LogP contribution in [-0.4, -0.2) is 15.0 Å². The van der Waals surface area contributed by atoms with Gasteiger partial charge in [0, 0.05) is 24.2 Å². The van der Waals surface area contributed by atoms with Crippen LogP contribution in [0, 0.1) is 18.2 Å². The topological polar surface area (TPSA) is 38.7 Å². The largest absolute Gasteiger partial charge is 3.00 e. The Kier molecular flexibility index (Phi) is 13.5. The first-order valence-corrected chi connectivity index (χ1v) is 21.9. The van der Waals surface area contributed by atoms with Gasteiger partial charge in [-0.1, -0.05) is 127 Å². The summed E-state index contributed by atoms with van der Waals surface area (Å²) in [6, 6.07) is 80.3. The molecule has 10 aromatic rings. The molecule has 7 aromatic carbocycles. The van der Waals surface area contributed by atoms with Crippen LogP contribution in [0.5, 0.6) is 0 Å². The zero-order valence-electron chi connectivity index (χ0n) is 35.8. The maximum absolute atomic E-state index is 5.08. The van der Waals surface area contributed by atoms with Gasteiger partial charge in [0.1, 0.15) is 0 Å². The molecule has 0 radical (unpaired) electrons. The summed E-state index contributed by atoms with van der Waals surface area (Å²) in [5, 5.41) is 0. The second-order valence-electron chi connectivity index (χ2n) is 16.1. The predicted octanol–water partition coefficient (Wildman–Crippen LogP) is 14.5. The summed E-state index contributed by atoms with van der Waals surface area (Å²) in [4.78, 5) is 14.7. The Labute approximate surface area is 396 Å². The molecule has 0 aliphatic rings. The molecule has 312 valence electrons. The Morgan fingerprint density at radius 3 is 1.28 bits per heavy atom. The van der Waals surface area contributed by atoms with Crippen LogP contribution in [0.4, 0.5) is 0 Å². The van der Waals surface area contributed by atoms with E-state index in [1.54, 1.807) is 0 Å². The smallest absolute Gasteiger partial charge is 0.304 e. The molecule has 3 heterocycles. The SMILES string of the molecule is [Ir+3].[c-]1ccccc1-c1ccc(CCc2cc(CCc3ccc(-c4[c-]cccc4)nc3)cc(-c3ccccc3-c3cnc(-c4[c-]cccc4)cc3-c3ccc(-c4ccccc4)cc3)c2)cn1. The fourth-order valence-electron chi connectivity index (χ4n) is 8.40. The fourth-order valence-corrected chi connectivity index (χ4v) is 8.40. The molecule has 0 saturated heterocycles. The predicted molar refractivity (Wildman–Crippen MR) is 262 cm³/mol. The molecule has 0 unspecified atom stereocenters. The Bertz CT molecular complexity index is 2990. The third kappa shape index (κ3) is 10.2. The van der Waals surface area contributed by atoms with Crippen LogP contribution in [0.15, 0.2) is 219 Å². The van der Waals surface area contributed by atoms with Crippen molar-refractivity contribution in [3.63, 3.8) is 0 Å². The zero-order chi connectivity index (χ0) is 42.9. The number of hydrogen-bond acceptors (Lipinski definition) is 3. The van der Waals surface area contributed by atoms with Crippen LogP contribution < -0.4 is 0 Å². The van der Waals surface area contributed by atoms with Crippen molar-refractivity contribution in [2.45, 2.75) is 25.7 Å². The number of nitrogens with zero attached hydrogens (tertiary/aromatic N) is 3. The first-order chi connectivity index (χ1) is 31.7. The molecule has 3 nitrogen and oxygen atoms in total. The molecule has 0 aliphatic carbocycles. The molecule has 10 rings (SSSR count). The van der Waals surface area contributed by atoms with Crippen LogP contribution >= 0.6 is 0 Å². The fraction of sp³-hybridized carbons (Fsp3) is 0.0656. The van der Waals surface area contributed by atoms with Crippen molar-refractivity contribution in [2.24, 2.45) is 0 Å². The number of benzene rings is 7. The molecule has 65 heavy (non-hydrogen) atoms. The van der Waals surface area contributed by atoms with Crippen molar-refractivity contribution in [3.8, 4) is 78.3 Å². The van der Waals surface area contributed by atoms with Crippen molar-refractivity contribution in [1.29, 1.82) is 0 Å². The van der Waals surface area contributed by atoms with Gasteiger partial charge in [0.2, 0.25) is 0 Å². The van der Waals surface area contributed by atoms with E-state index in [1.165, 1.54) is 44.5 Å². The summed E-state index contributed by atoms with van der Waals surface area (Å²) in [7, 11) is 0. The second kappa shape index (κ2) is 20.4. The molecule has 3 aromatic heterocycles. The first kappa shape index (κ1) is 42.9. The summed E-state index contributed by atoms with van der Waals surface area (Å²) in [6.45, 7) is 0. The Morgan fingerprint density at radius 2 is 0.754 bits per heavy atom. The van der Waals surface area contributed by atoms with E-state index in [0.717, 1.165) is 81.7 Å². The van der Waals surface area contributed by atoms with E-state index >= 15 is 0 Å². The molecular weight excluding hydrogens is 967 g/mol. The summed E-state index contributed by atoms with van der Waals surface area (Å²) in [5.41, 5.74) is 20.0. The minimum Gasteiger partial charge on any atom is -0.304 e. The summed E-state index contributed by atoms with van der Waals surface area (Å²) >= 11 is 0. The van der Waals surface area contributed by atoms with E-state index in [1.807, 2.05) is 73.2 Å². The number of pyridine rings is 3. The maximum atomic E-state index is 5.08. The molecule has 0 fully saturated rings. The Balaban J connectivity index is 0.00000533. The van der Waals surface area contributed by atoms with E-state index in [0.29, 0.717) is 0 Å². The summed E-state index contributed by atoms with van der Waals surface area (Å²) in [6.07, 6.45) is 9.60. The van der Waals surface area contributed by atoms with Crippen molar-refractivity contribution < 1.29 is 20.1 Å². The molecule has 4 heteroatoms. The van der Waals surface area contributed by atoms with E-state index in [9.17, 15) is 0 Å². The van der Waals surface area contributed by atoms with Crippen molar-refractivity contribution in [2.75, 3.05) is 0 Å². The molecule has 0 spiro atoms. The van der Waals surface area contributed by atoms with Gasteiger partial charge in [-0.3, -0.25) is 0 Å². The van der Waals surface area contributed by atoms with Crippen molar-refractivity contribution in [1.82, 2.24) is 15.0 Å². The van der Waals surface area contributed by atoms with Gasteiger partial charge in [-0.15, -0.1) is 108 Å². The monoisotopic (exact) mass is 1010 g/mol. The molecule has 0 N–H and O–H groups in total. The maximum Gasteiger partial charge on any atom is 3.00 e. The van der Waals surface area contributed by atoms with Crippen LogP contribution in [0.3, 0.4) is 0 Å². The van der Waals surface area contributed by atoms with Crippen LogP contribution in [0.1, 0.15) is 22.3 Å². The Hall–Kier alpha value is -7.36. The number of aryl methyl sites for hydroxylation is 4. The van der Waals surface area contributed by atoms with Crippen molar-refractivity contribution >= 4 is 0 Å². The van der Waals surface area contributed by atoms with E-state index < -0.39 is 0 Å². The zero-order valence-corrected chi connectivity index (χ0v) is 38.2. The molecule has 0 amide bonds. The number of aromatic nitrogens is 3. The van der Waals surface area contributed by atoms with E-state index in [2.05, 4.69) is 164 Å². The average Bonchev–Trinajstić information content (AvgIpc) is 3.38. The van der Waals surface area contributed by atoms with Gasteiger partial charge in [-0.2, -0.15) is 0 Å².